The highest BCUT2D eigenvalue weighted by atomic mass is 32.2. The molecule has 0 aromatic rings. The largest absolute Gasteiger partial charge is 0.148 e. The number of hydrogen-bond donors (Lipinski definition) is 0. The highest BCUT2D eigenvalue weighted by molar-refractivity contribution is 8.17. The smallest absolute Gasteiger partial charge is 0.0502 e. The Morgan fingerprint density at radius 1 is 1.14 bits per heavy atom. The molecular formula is C12H24S2. The summed E-state index contributed by atoms with van der Waals surface area (Å²) in [6.45, 7) is 2.29. The molecule has 0 nitrogen and oxygen atoms in total. The molecule has 1 atom stereocenters. The Labute approximate surface area is 98.0 Å². The Hall–Kier alpha value is 0.700. The van der Waals surface area contributed by atoms with Crippen molar-refractivity contribution in [2.45, 2.75) is 62.9 Å². The summed E-state index contributed by atoms with van der Waals surface area (Å²) in [7, 11) is 0. The lowest BCUT2D eigenvalue weighted by Gasteiger charge is -2.12. The molecule has 0 spiro atoms. The lowest BCUT2D eigenvalue weighted by Crippen LogP contribution is -1.97. The van der Waals surface area contributed by atoms with Crippen molar-refractivity contribution in [2.24, 2.45) is 0 Å². The Morgan fingerprint density at radius 3 is 2.93 bits per heavy atom. The summed E-state index contributed by atoms with van der Waals surface area (Å²) in [6.07, 6.45) is 11.5. The molecule has 1 heterocycles. The third kappa shape index (κ3) is 6.23. The molecule has 2 heteroatoms. The third-order valence-corrected chi connectivity index (χ3v) is 5.77. The Morgan fingerprint density at radius 2 is 2.07 bits per heavy atom. The molecule has 14 heavy (non-hydrogen) atoms. The van der Waals surface area contributed by atoms with E-state index < -0.39 is 0 Å². The van der Waals surface area contributed by atoms with Crippen molar-refractivity contribution >= 4 is 23.5 Å². The Bertz CT molecular complexity index is 117. The molecule has 0 aromatic heterocycles. The van der Waals surface area contributed by atoms with Crippen LogP contribution in [0.2, 0.25) is 0 Å². The SMILES string of the molecule is CCCCCCSC1CCCCCS1. The minimum Gasteiger partial charge on any atom is -0.148 e. The van der Waals surface area contributed by atoms with Gasteiger partial charge in [-0.25, -0.2) is 0 Å². The minimum atomic E-state index is 0.930. The van der Waals surface area contributed by atoms with E-state index in [4.69, 9.17) is 0 Å². The van der Waals surface area contributed by atoms with Gasteiger partial charge in [0.2, 0.25) is 0 Å². The average Bonchev–Trinajstić information content (AvgIpc) is 2.46. The van der Waals surface area contributed by atoms with Crippen molar-refractivity contribution in [3.63, 3.8) is 0 Å². The second-order valence-electron chi connectivity index (χ2n) is 4.08. The second kappa shape index (κ2) is 8.96. The first-order chi connectivity index (χ1) is 6.93. The summed E-state index contributed by atoms with van der Waals surface area (Å²) in [6, 6.07) is 0. The molecule has 84 valence electrons. The Kier molecular flexibility index (Phi) is 8.18. The van der Waals surface area contributed by atoms with Crippen molar-refractivity contribution in [1.82, 2.24) is 0 Å². The van der Waals surface area contributed by atoms with Crippen LogP contribution < -0.4 is 0 Å². The standard InChI is InChI=1S/C12H24S2/c1-2-3-4-7-10-13-12-9-6-5-8-11-14-12/h12H,2-11H2,1H3. The van der Waals surface area contributed by atoms with Gasteiger partial charge in [-0.1, -0.05) is 39.0 Å². The van der Waals surface area contributed by atoms with Crippen LogP contribution in [0.4, 0.5) is 0 Å². The summed E-state index contributed by atoms with van der Waals surface area (Å²) < 4.78 is 0.930. The molecule has 1 aliphatic heterocycles. The number of rotatable bonds is 6. The highest BCUT2D eigenvalue weighted by Crippen LogP contribution is 2.32. The van der Waals surface area contributed by atoms with Crippen LogP contribution in [-0.2, 0) is 0 Å². The zero-order valence-corrected chi connectivity index (χ0v) is 11.1. The van der Waals surface area contributed by atoms with E-state index in [-0.39, 0.29) is 0 Å². The normalized spacial score (nSPS) is 23.4. The molecule has 1 rings (SSSR count). The second-order valence-corrected chi connectivity index (χ2v) is 7.00. The van der Waals surface area contributed by atoms with Crippen LogP contribution in [0.15, 0.2) is 0 Å². The zero-order valence-electron chi connectivity index (χ0n) is 9.46. The predicted molar refractivity (Wildman–Crippen MR) is 71.3 cm³/mol. The van der Waals surface area contributed by atoms with Gasteiger partial charge in [0.25, 0.3) is 0 Å². The topological polar surface area (TPSA) is 0 Å². The van der Waals surface area contributed by atoms with Gasteiger partial charge in [0.1, 0.15) is 0 Å². The van der Waals surface area contributed by atoms with Gasteiger partial charge in [-0.05, 0) is 30.8 Å². The maximum atomic E-state index is 2.29. The summed E-state index contributed by atoms with van der Waals surface area (Å²) in [5.74, 6) is 2.81. The van der Waals surface area contributed by atoms with E-state index in [1.54, 1.807) is 0 Å². The monoisotopic (exact) mass is 232 g/mol. The summed E-state index contributed by atoms with van der Waals surface area (Å²) in [4.78, 5) is 0. The molecular weight excluding hydrogens is 208 g/mol. The van der Waals surface area contributed by atoms with Crippen molar-refractivity contribution in [3.8, 4) is 0 Å². The molecule has 0 amide bonds. The van der Waals surface area contributed by atoms with E-state index in [9.17, 15) is 0 Å². The van der Waals surface area contributed by atoms with Crippen molar-refractivity contribution < 1.29 is 0 Å². The molecule has 0 aliphatic carbocycles. The fourth-order valence-electron chi connectivity index (χ4n) is 1.76. The van der Waals surface area contributed by atoms with Crippen molar-refractivity contribution in [2.75, 3.05) is 11.5 Å². The van der Waals surface area contributed by atoms with Gasteiger partial charge in [0.15, 0.2) is 0 Å². The Balaban J connectivity index is 1.93. The van der Waals surface area contributed by atoms with Crippen LogP contribution in [0.5, 0.6) is 0 Å². The van der Waals surface area contributed by atoms with Gasteiger partial charge < -0.3 is 0 Å². The number of thioether (sulfide) groups is 2. The predicted octanol–water partition coefficient (Wildman–Crippen LogP) is 4.93. The van der Waals surface area contributed by atoms with Crippen LogP contribution in [-0.4, -0.2) is 16.1 Å². The molecule has 0 saturated carbocycles. The molecule has 0 bridgehead atoms. The molecule has 1 unspecified atom stereocenters. The van der Waals surface area contributed by atoms with Gasteiger partial charge >= 0.3 is 0 Å². The minimum absolute atomic E-state index is 0.930. The van der Waals surface area contributed by atoms with E-state index in [2.05, 4.69) is 30.4 Å². The third-order valence-electron chi connectivity index (χ3n) is 2.69. The lowest BCUT2D eigenvalue weighted by atomic mass is 10.2. The van der Waals surface area contributed by atoms with Crippen molar-refractivity contribution in [3.05, 3.63) is 0 Å². The molecule has 1 saturated heterocycles. The van der Waals surface area contributed by atoms with Gasteiger partial charge in [-0.15, -0.1) is 23.5 Å². The van der Waals surface area contributed by atoms with Crippen LogP contribution >= 0.6 is 23.5 Å². The van der Waals surface area contributed by atoms with E-state index in [1.807, 2.05) is 0 Å². The molecule has 0 N–H and O–H groups in total. The summed E-state index contributed by atoms with van der Waals surface area (Å²) in [5.41, 5.74) is 0. The average molecular weight is 232 g/mol. The maximum Gasteiger partial charge on any atom is 0.0502 e. The molecule has 0 aromatic carbocycles. The van der Waals surface area contributed by atoms with Gasteiger partial charge in [-0.2, -0.15) is 0 Å². The van der Waals surface area contributed by atoms with Crippen LogP contribution in [0.1, 0.15) is 58.3 Å². The number of hydrogen-bond acceptors (Lipinski definition) is 2. The summed E-state index contributed by atoms with van der Waals surface area (Å²) in [5, 5.41) is 0. The van der Waals surface area contributed by atoms with Gasteiger partial charge in [-0.3, -0.25) is 0 Å². The van der Waals surface area contributed by atoms with Crippen LogP contribution in [0.3, 0.4) is 0 Å². The molecule has 0 radical (unpaired) electrons. The molecule has 1 fully saturated rings. The lowest BCUT2D eigenvalue weighted by molar-refractivity contribution is 0.703. The van der Waals surface area contributed by atoms with E-state index >= 15 is 0 Å². The first kappa shape index (κ1) is 12.8. The van der Waals surface area contributed by atoms with Crippen molar-refractivity contribution in [1.29, 1.82) is 0 Å². The summed E-state index contributed by atoms with van der Waals surface area (Å²) >= 11 is 4.43. The first-order valence-corrected chi connectivity index (χ1v) is 8.26. The number of unbranched alkanes of at least 4 members (excludes halogenated alkanes) is 3. The maximum absolute atomic E-state index is 2.29. The van der Waals surface area contributed by atoms with Gasteiger partial charge in [0, 0.05) is 0 Å². The molecule has 1 aliphatic rings. The fourth-order valence-corrected chi connectivity index (χ4v) is 4.66. The van der Waals surface area contributed by atoms with E-state index in [0.717, 1.165) is 4.58 Å². The fraction of sp³-hybridized carbons (Fsp3) is 1.00. The highest BCUT2D eigenvalue weighted by Gasteiger charge is 2.12. The van der Waals surface area contributed by atoms with Gasteiger partial charge in [0.05, 0.1) is 4.58 Å². The van der Waals surface area contributed by atoms with E-state index in [0.29, 0.717) is 0 Å². The zero-order chi connectivity index (χ0) is 10.1. The first-order valence-electron chi connectivity index (χ1n) is 6.16. The van der Waals surface area contributed by atoms with Crippen LogP contribution in [0.25, 0.3) is 0 Å². The van der Waals surface area contributed by atoms with E-state index in [1.165, 1.54) is 62.9 Å². The van der Waals surface area contributed by atoms with Crippen LogP contribution in [0, 0.1) is 0 Å². The quantitative estimate of drug-likeness (QED) is 0.595.